The summed E-state index contributed by atoms with van der Waals surface area (Å²) in [5, 5.41) is 0.292. The Bertz CT molecular complexity index is 1290. The van der Waals surface area contributed by atoms with Crippen molar-refractivity contribution in [3.63, 3.8) is 0 Å². The lowest BCUT2D eigenvalue weighted by atomic mass is 10.1. The molecule has 3 rings (SSSR count). The normalized spacial score (nSPS) is 11.7. The van der Waals surface area contributed by atoms with E-state index in [9.17, 15) is 14.0 Å². The Morgan fingerprint density at radius 2 is 2.12 bits per heavy atom. The number of anilines is 1. The first-order valence-corrected chi connectivity index (χ1v) is 10.1. The van der Waals surface area contributed by atoms with E-state index in [1.807, 2.05) is 0 Å². The van der Waals surface area contributed by atoms with Gasteiger partial charge in [-0.15, -0.1) is 0 Å². The lowest BCUT2D eigenvalue weighted by molar-refractivity contribution is -0.121. The van der Waals surface area contributed by atoms with Gasteiger partial charge in [-0.3, -0.25) is 30.4 Å². The third-order valence-corrected chi connectivity index (χ3v) is 4.61. The molecule has 3 heterocycles. The van der Waals surface area contributed by atoms with Gasteiger partial charge in [-0.2, -0.15) is 0 Å². The topological polar surface area (TPSA) is 146 Å². The minimum atomic E-state index is -0.711. The number of hydrazine groups is 1. The lowest BCUT2D eigenvalue weighted by Gasteiger charge is -2.11. The van der Waals surface area contributed by atoms with Crippen LogP contribution in [0.5, 0.6) is 5.75 Å². The minimum absolute atomic E-state index is 0.199. The highest BCUT2D eigenvalue weighted by atomic mass is 19.1. The highest BCUT2D eigenvalue weighted by molar-refractivity contribution is 6.09. The zero-order valence-corrected chi connectivity index (χ0v) is 18.6. The standard InChI is InChI=1S/C22H24FN7O4/c1-25-10-15(9-24)14-7-18(23)21(27-11-14)29-28-20(31)13-30-4-3-19-17(22(30)32)8-16(12-26-19)34-6-5-33-2/h3-4,7-12H,5-6,13,24H2,1-2H3,(H,27,29)(H,28,31). The van der Waals surface area contributed by atoms with Gasteiger partial charge in [0.25, 0.3) is 11.5 Å². The first-order chi connectivity index (χ1) is 16.5. The molecular weight excluding hydrogens is 445 g/mol. The smallest absolute Gasteiger partial charge is 0.260 e. The average molecular weight is 469 g/mol. The number of fused-ring (bicyclic) bond motifs is 1. The SMILES string of the molecule is CN=CC(=CN)c1cnc(NNC(=O)Cn2ccc3ncc(OCCOC)cc3c2=O)c(F)c1. The van der Waals surface area contributed by atoms with E-state index in [1.165, 1.54) is 41.6 Å². The van der Waals surface area contributed by atoms with Crippen molar-refractivity contribution in [2.45, 2.75) is 6.54 Å². The number of aliphatic imine (C=N–C) groups is 1. The summed E-state index contributed by atoms with van der Waals surface area (Å²) in [6, 6.07) is 4.37. The van der Waals surface area contributed by atoms with Crippen LogP contribution < -0.4 is 26.9 Å². The molecule has 0 atom stereocenters. The van der Waals surface area contributed by atoms with Crippen LogP contribution in [0.15, 0.2) is 52.8 Å². The molecule has 178 valence electrons. The summed E-state index contributed by atoms with van der Waals surface area (Å²) in [4.78, 5) is 37.1. The summed E-state index contributed by atoms with van der Waals surface area (Å²) < 4.78 is 26.0. The molecule has 34 heavy (non-hydrogen) atoms. The summed E-state index contributed by atoms with van der Waals surface area (Å²) in [5.74, 6) is -1.09. The molecule has 0 unspecified atom stereocenters. The van der Waals surface area contributed by atoms with Gasteiger partial charge in [-0.05, 0) is 18.2 Å². The fourth-order valence-corrected chi connectivity index (χ4v) is 2.95. The molecule has 3 aromatic heterocycles. The van der Waals surface area contributed by atoms with Crippen LogP contribution in [-0.4, -0.2) is 54.0 Å². The van der Waals surface area contributed by atoms with E-state index in [1.54, 1.807) is 26.3 Å². The summed E-state index contributed by atoms with van der Waals surface area (Å²) in [5.41, 5.74) is 11.2. The van der Waals surface area contributed by atoms with Gasteiger partial charge in [0.15, 0.2) is 11.6 Å². The molecule has 0 radical (unpaired) electrons. The predicted molar refractivity (Wildman–Crippen MR) is 126 cm³/mol. The second kappa shape index (κ2) is 11.5. The Balaban J connectivity index is 1.68. The third kappa shape index (κ3) is 5.92. The predicted octanol–water partition coefficient (Wildman–Crippen LogP) is 1.10. The summed E-state index contributed by atoms with van der Waals surface area (Å²) >= 11 is 0. The quantitative estimate of drug-likeness (QED) is 0.227. The Hall–Kier alpha value is -4.32. The van der Waals surface area contributed by atoms with Crippen molar-refractivity contribution < 1.29 is 18.7 Å². The van der Waals surface area contributed by atoms with Gasteiger partial charge in [-0.1, -0.05) is 0 Å². The molecule has 0 spiro atoms. The van der Waals surface area contributed by atoms with E-state index in [0.717, 1.165) is 0 Å². The number of aromatic nitrogens is 3. The van der Waals surface area contributed by atoms with Crippen LogP contribution in [0, 0.1) is 5.82 Å². The third-order valence-electron chi connectivity index (χ3n) is 4.61. The van der Waals surface area contributed by atoms with Crippen LogP contribution in [0.2, 0.25) is 0 Å². The van der Waals surface area contributed by atoms with E-state index in [-0.39, 0.29) is 12.4 Å². The fourth-order valence-electron chi connectivity index (χ4n) is 2.95. The number of allylic oxidation sites excluding steroid dienone is 1. The maximum absolute atomic E-state index is 14.4. The van der Waals surface area contributed by atoms with Gasteiger partial charge >= 0.3 is 0 Å². The van der Waals surface area contributed by atoms with Crippen LogP contribution in [0.25, 0.3) is 16.5 Å². The van der Waals surface area contributed by atoms with Crippen molar-refractivity contribution in [2.24, 2.45) is 10.7 Å². The first-order valence-electron chi connectivity index (χ1n) is 10.1. The summed E-state index contributed by atoms with van der Waals surface area (Å²) in [7, 11) is 3.11. The number of ether oxygens (including phenoxy) is 2. The molecule has 0 saturated carbocycles. The van der Waals surface area contributed by atoms with Gasteiger partial charge in [0.1, 0.15) is 18.9 Å². The molecule has 0 aliphatic carbocycles. The molecule has 4 N–H and O–H groups in total. The Labute approximate surface area is 194 Å². The number of hydrogen-bond donors (Lipinski definition) is 3. The van der Waals surface area contributed by atoms with Crippen molar-refractivity contribution in [1.82, 2.24) is 20.0 Å². The number of carbonyl (C=O) groups excluding carboxylic acids is 1. The van der Waals surface area contributed by atoms with Crippen molar-refractivity contribution in [1.29, 1.82) is 0 Å². The number of nitrogens with two attached hydrogens (primary N) is 1. The zero-order valence-electron chi connectivity index (χ0n) is 18.6. The number of nitrogens with one attached hydrogen (secondary N) is 2. The van der Waals surface area contributed by atoms with E-state index in [2.05, 4.69) is 25.8 Å². The van der Waals surface area contributed by atoms with Gasteiger partial charge < -0.3 is 19.8 Å². The van der Waals surface area contributed by atoms with Crippen LogP contribution in [-0.2, 0) is 16.1 Å². The molecule has 11 nitrogen and oxygen atoms in total. The maximum Gasteiger partial charge on any atom is 0.260 e. The van der Waals surface area contributed by atoms with Crippen LogP contribution in [0.4, 0.5) is 10.2 Å². The molecule has 0 bridgehead atoms. The van der Waals surface area contributed by atoms with Crippen molar-refractivity contribution in [2.75, 3.05) is 32.8 Å². The number of methoxy groups -OCH3 is 1. The number of halogens is 1. The van der Waals surface area contributed by atoms with E-state index in [0.29, 0.717) is 41.0 Å². The fraction of sp³-hybridized carbons (Fsp3) is 0.227. The Kier molecular flexibility index (Phi) is 8.24. The monoisotopic (exact) mass is 469 g/mol. The molecule has 3 aromatic rings. The minimum Gasteiger partial charge on any atom is -0.490 e. The van der Waals surface area contributed by atoms with Crippen LogP contribution >= 0.6 is 0 Å². The molecule has 0 aliphatic rings. The number of pyridine rings is 3. The maximum atomic E-state index is 14.4. The molecule has 0 aliphatic heterocycles. The zero-order chi connectivity index (χ0) is 24.5. The molecular formula is C22H24FN7O4. The van der Waals surface area contributed by atoms with E-state index < -0.39 is 17.3 Å². The van der Waals surface area contributed by atoms with Crippen molar-refractivity contribution in [3.05, 3.63) is 64.7 Å². The second-order valence-electron chi connectivity index (χ2n) is 6.93. The lowest BCUT2D eigenvalue weighted by Crippen LogP contribution is -2.36. The second-order valence-corrected chi connectivity index (χ2v) is 6.93. The number of carbonyl (C=O) groups is 1. The molecule has 0 aromatic carbocycles. The van der Waals surface area contributed by atoms with Crippen molar-refractivity contribution >= 4 is 34.4 Å². The Morgan fingerprint density at radius 3 is 2.82 bits per heavy atom. The molecule has 1 amide bonds. The van der Waals surface area contributed by atoms with E-state index >= 15 is 0 Å². The summed E-state index contributed by atoms with van der Waals surface area (Å²) in [6.07, 6.45) is 7.09. The summed E-state index contributed by atoms with van der Waals surface area (Å²) in [6.45, 7) is 0.379. The van der Waals surface area contributed by atoms with Gasteiger partial charge in [0, 0.05) is 50.1 Å². The van der Waals surface area contributed by atoms with Crippen LogP contribution in [0.3, 0.4) is 0 Å². The number of hydrogen-bond acceptors (Lipinski definition) is 9. The number of amides is 1. The highest BCUT2D eigenvalue weighted by Crippen LogP contribution is 2.17. The van der Waals surface area contributed by atoms with Gasteiger partial charge in [-0.25, -0.2) is 9.37 Å². The molecule has 12 heteroatoms. The van der Waals surface area contributed by atoms with Crippen LogP contribution in [0.1, 0.15) is 5.56 Å². The average Bonchev–Trinajstić information content (AvgIpc) is 2.84. The van der Waals surface area contributed by atoms with Crippen molar-refractivity contribution in [3.8, 4) is 5.75 Å². The largest absolute Gasteiger partial charge is 0.490 e. The number of nitrogens with zero attached hydrogens (tertiary/aromatic N) is 4. The molecule has 0 fully saturated rings. The van der Waals surface area contributed by atoms with Gasteiger partial charge in [0.05, 0.1) is 23.7 Å². The highest BCUT2D eigenvalue weighted by Gasteiger charge is 2.11. The van der Waals surface area contributed by atoms with Gasteiger partial charge in [0.2, 0.25) is 0 Å². The Morgan fingerprint density at radius 1 is 1.29 bits per heavy atom. The number of rotatable bonds is 10. The first kappa shape index (κ1) is 24.3. The van der Waals surface area contributed by atoms with E-state index in [4.69, 9.17) is 15.2 Å². The molecule has 0 saturated heterocycles.